The topological polar surface area (TPSA) is 84.9 Å². The van der Waals surface area contributed by atoms with E-state index in [1.165, 1.54) is 12.1 Å². The van der Waals surface area contributed by atoms with E-state index in [1.807, 2.05) is 31.2 Å². The highest BCUT2D eigenvalue weighted by atomic mass is 32.1. The third kappa shape index (κ3) is 4.12. The Balaban J connectivity index is 2.08. The molecular weight excluding hydrogens is 330 g/mol. The number of nitrogens with one attached hydrogen (secondary N) is 1. The van der Waals surface area contributed by atoms with Gasteiger partial charge in [-0.3, -0.25) is 4.79 Å². The second-order valence-corrected chi connectivity index (χ2v) is 6.24. The molecule has 0 spiro atoms. The van der Waals surface area contributed by atoms with Gasteiger partial charge in [-0.1, -0.05) is 12.1 Å². The minimum Gasteiger partial charge on any atom is -0.497 e. The Bertz CT molecular complexity index is 710. The summed E-state index contributed by atoms with van der Waals surface area (Å²) in [6.07, 6.45) is -0.334. The molecule has 2 aromatic rings. The molecule has 24 heavy (non-hydrogen) atoms. The van der Waals surface area contributed by atoms with E-state index in [2.05, 4.69) is 5.32 Å². The molecule has 0 saturated heterocycles. The molecule has 2 unspecified atom stereocenters. The fraction of sp³-hybridized carbons (Fsp3) is 0.294. The van der Waals surface area contributed by atoms with Gasteiger partial charge in [0.05, 0.1) is 18.0 Å². The van der Waals surface area contributed by atoms with Crippen molar-refractivity contribution in [3.8, 4) is 5.75 Å². The van der Waals surface area contributed by atoms with Crippen LogP contribution < -0.4 is 10.1 Å². The summed E-state index contributed by atoms with van der Waals surface area (Å²) in [7, 11) is 3.17. The van der Waals surface area contributed by atoms with Gasteiger partial charge in [0.1, 0.15) is 16.7 Å². The molecule has 7 heteroatoms. The molecule has 0 aliphatic rings. The first-order valence-corrected chi connectivity index (χ1v) is 8.08. The van der Waals surface area contributed by atoms with E-state index in [0.717, 1.165) is 22.6 Å². The highest BCUT2D eigenvalue weighted by Crippen LogP contribution is 2.24. The zero-order valence-corrected chi connectivity index (χ0v) is 14.4. The normalized spacial score (nSPS) is 13.1. The van der Waals surface area contributed by atoms with Crippen molar-refractivity contribution in [1.29, 1.82) is 0 Å². The molecule has 0 radical (unpaired) electrons. The Hall–Kier alpha value is -2.38. The van der Waals surface area contributed by atoms with Crippen molar-refractivity contribution in [2.24, 2.45) is 0 Å². The van der Waals surface area contributed by atoms with Crippen molar-refractivity contribution in [3.05, 3.63) is 51.7 Å². The van der Waals surface area contributed by atoms with Crippen LogP contribution in [0.25, 0.3) is 0 Å². The van der Waals surface area contributed by atoms with E-state index in [-0.39, 0.29) is 22.9 Å². The van der Waals surface area contributed by atoms with E-state index in [0.29, 0.717) is 4.88 Å². The van der Waals surface area contributed by atoms with Crippen LogP contribution in [-0.2, 0) is 4.74 Å². The molecule has 0 saturated carbocycles. The van der Waals surface area contributed by atoms with Gasteiger partial charge in [0.2, 0.25) is 0 Å². The Morgan fingerprint density at radius 3 is 2.21 bits per heavy atom. The molecule has 1 aromatic heterocycles. The Morgan fingerprint density at radius 2 is 1.71 bits per heavy atom. The van der Waals surface area contributed by atoms with Crippen LogP contribution in [0.5, 0.6) is 5.75 Å². The fourth-order valence-electron chi connectivity index (χ4n) is 2.35. The van der Waals surface area contributed by atoms with Gasteiger partial charge in [-0.05, 0) is 36.8 Å². The summed E-state index contributed by atoms with van der Waals surface area (Å²) < 4.78 is 10.6. The summed E-state index contributed by atoms with van der Waals surface area (Å²) in [6, 6.07) is 10.0. The largest absolute Gasteiger partial charge is 0.497 e. The average molecular weight is 349 g/mol. The predicted octanol–water partition coefficient (Wildman–Crippen LogP) is 2.96. The number of hydrogen-bond acceptors (Lipinski definition) is 5. The van der Waals surface area contributed by atoms with Gasteiger partial charge in [-0.2, -0.15) is 0 Å². The summed E-state index contributed by atoms with van der Waals surface area (Å²) in [5, 5.41) is 11.8. The number of ether oxygens (including phenoxy) is 2. The Morgan fingerprint density at radius 1 is 1.08 bits per heavy atom. The SMILES string of the molecule is COc1ccc(C(OC)C(C)NC(=O)c2ccc(C(=O)O)s2)cc1. The van der Waals surface area contributed by atoms with Gasteiger partial charge in [-0.25, -0.2) is 4.79 Å². The van der Waals surface area contributed by atoms with E-state index in [4.69, 9.17) is 14.6 Å². The zero-order valence-electron chi connectivity index (χ0n) is 13.6. The van der Waals surface area contributed by atoms with Crippen LogP contribution >= 0.6 is 11.3 Å². The maximum atomic E-state index is 12.3. The third-order valence-electron chi connectivity index (χ3n) is 3.55. The van der Waals surface area contributed by atoms with Crippen LogP contribution in [0.15, 0.2) is 36.4 Å². The first-order valence-electron chi connectivity index (χ1n) is 7.27. The molecule has 6 nitrogen and oxygen atoms in total. The number of carboxylic acid groups (broad SMARTS) is 1. The number of rotatable bonds is 7. The smallest absolute Gasteiger partial charge is 0.345 e. The predicted molar refractivity (Wildman–Crippen MR) is 91.0 cm³/mol. The van der Waals surface area contributed by atoms with Crippen molar-refractivity contribution < 1.29 is 24.2 Å². The molecular formula is C17H19NO5S. The number of carbonyl (C=O) groups is 2. The van der Waals surface area contributed by atoms with Crippen molar-refractivity contribution in [3.63, 3.8) is 0 Å². The summed E-state index contributed by atoms with van der Waals surface area (Å²) in [4.78, 5) is 23.7. The van der Waals surface area contributed by atoms with E-state index < -0.39 is 5.97 Å². The standard InChI is InChI=1S/C17H19NO5S/c1-10(15(23-3)11-4-6-12(22-2)7-5-11)18-16(19)13-8-9-14(24-13)17(20)21/h4-10,15H,1-3H3,(H,18,19)(H,20,21). The number of hydrogen-bond donors (Lipinski definition) is 2. The number of carbonyl (C=O) groups excluding carboxylic acids is 1. The van der Waals surface area contributed by atoms with E-state index in [9.17, 15) is 9.59 Å². The number of aromatic carboxylic acids is 1. The lowest BCUT2D eigenvalue weighted by molar-refractivity contribution is 0.0646. The van der Waals surface area contributed by atoms with Crippen LogP contribution in [0.2, 0.25) is 0 Å². The monoisotopic (exact) mass is 349 g/mol. The molecule has 1 heterocycles. The van der Waals surface area contributed by atoms with Crippen molar-refractivity contribution >= 4 is 23.2 Å². The highest BCUT2D eigenvalue weighted by Gasteiger charge is 2.22. The van der Waals surface area contributed by atoms with Crippen LogP contribution in [0.3, 0.4) is 0 Å². The zero-order chi connectivity index (χ0) is 17.7. The minimum atomic E-state index is -1.04. The Labute approximate surface area is 144 Å². The van der Waals surface area contributed by atoms with Crippen LogP contribution in [0.4, 0.5) is 0 Å². The van der Waals surface area contributed by atoms with Crippen LogP contribution in [-0.4, -0.2) is 37.2 Å². The molecule has 128 valence electrons. The van der Waals surface area contributed by atoms with Crippen LogP contribution in [0.1, 0.15) is 37.9 Å². The Kier molecular flexibility index (Phi) is 5.94. The molecule has 1 aromatic carbocycles. The maximum absolute atomic E-state index is 12.3. The van der Waals surface area contributed by atoms with Gasteiger partial charge in [0.25, 0.3) is 5.91 Å². The number of methoxy groups -OCH3 is 2. The summed E-state index contributed by atoms with van der Waals surface area (Å²) in [5.41, 5.74) is 0.906. The van der Waals surface area contributed by atoms with Gasteiger partial charge in [-0.15, -0.1) is 11.3 Å². The van der Waals surface area contributed by atoms with Crippen molar-refractivity contribution in [2.75, 3.05) is 14.2 Å². The summed E-state index contributed by atoms with van der Waals surface area (Å²) >= 11 is 0.942. The molecule has 2 rings (SSSR count). The number of amides is 1. The maximum Gasteiger partial charge on any atom is 0.345 e. The average Bonchev–Trinajstić information content (AvgIpc) is 3.06. The molecule has 2 atom stereocenters. The fourth-order valence-corrected chi connectivity index (χ4v) is 3.10. The van der Waals surface area contributed by atoms with Gasteiger partial charge < -0.3 is 19.9 Å². The quantitative estimate of drug-likeness (QED) is 0.803. The van der Waals surface area contributed by atoms with Crippen LogP contribution in [0, 0.1) is 0 Å². The van der Waals surface area contributed by atoms with E-state index >= 15 is 0 Å². The first kappa shape index (κ1) is 18.0. The molecule has 1 amide bonds. The lowest BCUT2D eigenvalue weighted by Gasteiger charge is -2.24. The number of benzene rings is 1. The molecule has 0 aliphatic carbocycles. The highest BCUT2D eigenvalue weighted by molar-refractivity contribution is 7.15. The molecule has 0 aliphatic heterocycles. The summed E-state index contributed by atoms with van der Waals surface area (Å²) in [5.74, 6) is -0.624. The van der Waals surface area contributed by atoms with Gasteiger partial charge in [0, 0.05) is 7.11 Å². The van der Waals surface area contributed by atoms with Gasteiger partial charge in [0.15, 0.2) is 0 Å². The summed E-state index contributed by atoms with van der Waals surface area (Å²) in [6.45, 7) is 1.84. The lowest BCUT2D eigenvalue weighted by atomic mass is 10.0. The first-order chi connectivity index (χ1) is 11.5. The molecule has 0 bridgehead atoms. The second-order valence-electron chi connectivity index (χ2n) is 5.16. The van der Waals surface area contributed by atoms with Crippen molar-refractivity contribution in [2.45, 2.75) is 19.1 Å². The molecule has 0 fully saturated rings. The van der Waals surface area contributed by atoms with E-state index in [1.54, 1.807) is 14.2 Å². The number of thiophene rings is 1. The number of carboxylic acids is 1. The lowest BCUT2D eigenvalue weighted by Crippen LogP contribution is -2.37. The minimum absolute atomic E-state index is 0.131. The van der Waals surface area contributed by atoms with Crippen molar-refractivity contribution in [1.82, 2.24) is 5.32 Å². The third-order valence-corrected chi connectivity index (χ3v) is 4.62. The molecule has 2 N–H and O–H groups in total. The second kappa shape index (κ2) is 7.94. The van der Waals surface area contributed by atoms with Gasteiger partial charge >= 0.3 is 5.97 Å².